The summed E-state index contributed by atoms with van der Waals surface area (Å²) in [7, 11) is -3.21. The second-order valence-corrected chi connectivity index (χ2v) is 9.63. The van der Waals surface area contributed by atoms with Gasteiger partial charge in [0.05, 0.1) is 34.5 Å². The summed E-state index contributed by atoms with van der Waals surface area (Å²) in [5, 5.41) is 0.930. The predicted molar refractivity (Wildman–Crippen MR) is 125 cm³/mol. The topological polar surface area (TPSA) is 103 Å². The number of aryl methyl sites for hydroxylation is 1. The normalized spacial score (nSPS) is 15.3. The van der Waals surface area contributed by atoms with Crippen molar-refractivity contribution in [3.05, 3.63) is 61.1 Å². The van der Waals surface area contributed by atoms with E-state index >= 15 is 0 Å². The summed E-state index contributed by atoms with van der Waals surface area (Å²) in [4.78, 5) is 8.18. The van der Waals surface area contributed by atoms with E-state index in [0.717, 1.165) is 22.2 Å². The molecule has 0 aliphatic carbocycles. The molecule has 0 saturated carbocycles. The molecule has 2 N–H and O–H groups in total. The van der Waals surface area contributed by atoms with E-state index in [-0.39, 0.29) is 5.75 Å². The highest BCUT2D eigenvalue weighted by Gasteiger charge is 2.28. The van der Waals surface area contributed by atoms with Crippen molar-refractivity contribution in [2.75, 3.05) is 22.3 Å². The molecule has 9 heteroatoms. The number of nitrogens with two attached hydrogens (primary N) is 1. The Morgan fingerprint density at radius 3 is 2.59 bits per heavy atom. The highest BCUT2D eigenvalue weighted by atomic mass is 32.2. The lowest BCUT2D eigenvalue weighted by atomic mass is 10.1. The van der Waals surface area contributed by atoms with Crippen LogP contribution in [0.4, 0.5) is 11.4 Å². The van der Waals surface area contributed by atoms with Crippen LogP contribution in [0.2, 0.25) is 0 Å². The van der Waals surface area contributed by atoms with E-state index in [1.807, 2.05) is 42.5 Å². The standard InChI is InChI=1S/C23H23N5O3S/c1-2-27-20-14-18(31-21-15-25-10-11-26-21)8-9-19(20)22(24)23(27)16-4-6-17(7-5-16)28-12-3-13-32(28,29)30/h4-11,14-15H,2-3,12-13,24H2,1H3. The average Bonchev–Trinajstić information content (AvgIpc) is 3.30. The number of fused-ring (bicyclic) bond motifs is 1. The van der Waals surface area contributed by atoms with Crippen molar-refractivity contribution in [2.45, 2.75) is 19.9 Å². The summed E-state index contributed by atoms with van der Waals surface area (Å²) in [5.74, 6) is 1.26. The van der Waals surface area contributed by atoms with Gasteiger partial charge in [0.1, 0.15) is 5.75 Å². The monoisotopic (exact) mass is 449 g/mol. The van der Waals surface area contributed by atoms with Crippen molar-refractivity contribution in [3.8, 4) is 22.9 Å². The molecule has 0 spiro atoms. The number of sulfonamides is 1. The molecule has 2 aromatic heterocycles. The van der Waals surface area contributed by atoms with Crippen molar-refractivity contribution in [1.29, 1.82) is 0 Å². The fourth-order valence-electron chi connectivity index (χ4n) is 4.23. The summed E-state index contributed by atoms with van der Waals surface area (Å²) >= 11 is 0. The van der Waals surface area contributed by atoms with Gasteiger partial charge in [-0.2, -0.15) is 0 Å². The number of benzene rings is 2. The van der Waals surface area contributed by atoms with E-state index in [9.17, 15) is 8.42 Å². The molecule has 1 saturated heterocycles. The summed E-state index contributed by atoms with van der Waals surface area (Å²) in [5.41, 5.74) is 10.7. The van der Waals surface area contributed by atoms with Gasteiger partial charge >= 0.3 is 0 Å². The first-order valence-electron chi connectivity index (χ1n) is 10.4. The summed E-state index contributed by atoms with van der Waals surface area (Å²) < 4.78 is 33.9. The van der Waals surface area contributed by atoms with E-state index in [0.29, 0.717) is 42.5 Å². The lowest BCUT2D eigenvalue weighted by molar-refractivity contribution is 0.460. The third-order valence-electron chi connectivity index (χ3n) is 5.68. The molecular formula is C23H23N5O3S. The SMILES string of the molecule is CCn1c(-c2ccc(N3CCCS3(=O)=O)cc2)c(N)c2ccc(Oc3cnccn3)cc21. The number of hydrogen-bond acceptors (Lipinski definition) is 6. The van der Waals surface area contributed by atoms with Crippen molar-refractivity contribution >= 4 is 32.3 Å². The second-order valence-electron chi connectivity index (χ2n) is 7.62. The van der Waals surface area contributed by atoms with Crippen molar-refractivity contribution in [3.63, 3.8) is 0 Å². The van der Waals surface area contributed by atoms with Gasteiger partial charge in [0.15, 0.2) is 0 Å². The van der Waals surface area contributed by atoms with Crippen LogP contribution in [-0.2, 0) is 16.6 Å². The van der Waals surface area contributed by atoms with E-state index in [4.69, 9.17) is 10.5 Å². The van der Waals surface area contributed by atoms with Crippen LogP contribution in [0.3, 0.4) is 0 Å². The van der Waals surface area contributed by atoms with Crippen LogP contribution in [-0.4, -0.2) is 35.3 Å². The first-order valence-corrected chi connectivity index (χ1v) is 12.1. The van der Waals surface area contributed by atoms with Crippen molar-refractivity contribution in [1.82, 2.24) is 14.5 Å². The van der Waals surface area contributed by atoms with Gasteiger partial charge < -0.3 is 15.0 Å². The molecule has 1 fully saturated rings. The Hall–Kier alpha value is -3.59. The van der Waals surface area contributed by atoms with Crippen LogP contribution >= 0.6 is 0 Å². The van der Waals surface area contributed by atoms with E-state index in [2.05, 4.69) is 21.5 Å². The maximum Gasteiger partial charge on any atom is 0.237 e. The van der Waals surface area contributed by atoms with Gasteiger partial charge in [-0.05, 0) is 37.6 Å². The summed E-state index contributed by atoms with van der Waals surface area (Å²) in [6.07, 6.45) is 5.39. The summed E-state index contributed by atoms with van der Waals surface area (Å²) in [6.45, 7) is 3.29. The lowest BCUT2D eigenvalue weighted by Gasteiger charge is -2.17. The van der Waals surface area contributed by atoms with E-state index in [1.54, 1.807) is 18.6 Å². The molecular weight excluding hydrogens is 426 g/mol. The van der Waals surface area contributed by atoms with Crippen LogP contribution in [0, 0.1) is 0 Å². The van der Waals surface area contributed by atoms with Gasteiger partial charge in [-0.15, -0.1) is 0 Å². The molecule has 8 nitrogen and oxygen atoms in total. The number of aromatic nitrogens is 3. The number of rotatable bonds is 5. The molecule has 0 atom stereocenters. The average molecular weight is 450 g/mol. The Labute approximate surface area is 186 Å². The smallest absolute Gasteiger partial charge is 0.237 e. The van der Waals surface area contributed by atoms with E-state index < -0.39 is 10.0 Å². The first kappa shape index (κ1) is 20.3. The van der Waals surface area contributed by atoms with Crippen LogP contribution < -0.4 is 14.8 Å². The molecule has 3 heterocycles. The quantitative estimate of drug-likeness (QED) is 0.493. The van der Waals surface area contributed by atoms with Crippen LogP contribution in [0.1, 0.15) is 13.3 Å². The van der Waals surface area contributed by atoms with Gasteiger partial charge in [-0.3, -0.25) is 9.29 Å². The maximum atomic E-state index is 12.2. The van der Waals surface area contributed by atoms with E-state index in [1.165, 1.54) is 4.31 Å². The maximum absolute atomic E-state index is 12.2. The molecule has 32 heavy (non-hydrogen) atoms. The zero-order valence-electron chi connectivity index (χ0n) is 17.6. The highest BCUT2D eigenvalue weighted by Crippen LogP contribution is 2.39. The third kappa shape index (κ3) is 3.44. The molecule has 1 aliphatic rings. The molecule has 1 aliphatic heterocycles. The fourth-order valence-corrected chi connectivity index (χ4v) is 5.80. The molecule has 164 valence electrons. The number of nitrogens with zero attached hydrogens (tertiary/aromatic N) is 4. The minimum atomic E-state index is -3.21. The number of ether oxygens (including phenoxy) is 1. The van der Waals surface area contributed by atoms with Gasteiger partial charge in [0.2, 0.25) is 15.9 Å². The van der Waals surface area contributed by atoms with Crippen LogP contribution in [0.25, 0.3) is 22.2 Å². The molecule has 5 rings (SSSR count). The zero-order chi connectivity index (χ0) is 22.3. The minimum absolute atomic E-state index is 0.199. The van der Waals surface area contributed by atoms with Crippen LogP contribution in [0.5, 0.6) is 11.6 Å². The minimum Gasteiger partial charge on any atom is -0.437 e. The Bertz CT molecular complexity index is 1380. The Morgan fingerprint density at radius 2 is 1.94 bits per heavy atom. The molecule has 4 aromatic rings. The van der Waals surface area contributed by atoms with Crippen LogP contribution in [0.15, 0.2) is 61.1 Å². The molecule has 0 radical (unpaired) electrons. The molecule has 0 amide bonds. The Balaban J connectivity index is 1.54. The second kappa shape index (κ2) is 7.83. The zero-order valence-corrected chi connectivity index (χ0v) is 18.4. The van der Waals surface area contributed by atoms with Gasteiger partial charge in [0.25, 0.3) is 0 Å². The lowest BCUT2D eigenvalue weighted by Crippen LogP contribution is -2.24. The van der Waals surface area contributed by atoms with Crippen molar-refractivity contribution < 1.29 is 13.2 Å². The van der Waals surface area contributed by atoms with Gasteiger partial charge in [-0.25, -0.2) is 13.4 Å². The number of anilines is 2. The largest absolute Gasteiger partial charge is 0.437 e. The predicted octanol–water partition coefficient (Wildman–Crippen LogP) is 4.03. The van der Waals surface area contributed by atoms with Gasteiger partial charge in [0, 0.05) is 42.5 Å². The highest BCUT2D eigenvalue weighted by molar-refractivity contribution is 7.93. The Morgan fingerprint density at radius 1 is 1.12 bits per heavy atom. The Kier molecular flexibility index (Phi) is 4.97. The first-order chi connectivity index (χ1) is 15.5. The van der Waals surface area contributed by atoms with Crippen molar-refractivity contribution in [2.24, 2.45) is 0 Å². The summed E-state index contributed by atoms with van der Waals surface area (Å²) in [6, 6.07) is 13.3. The number of hydrogen-bond donors (Lipinski definition) is 1. The fraction of sp³-hybridized carbons (Fsp3) is 0.217. The molecule has 0 unspecified atom stereocenters. The molecule has 2 aromatic carbocycles. The third-order valence-corrected chi connectivity index (χ3v) is 7.55. The molecule has 0 bridgehead atoms. The number of nitrogen functional groups attached to an aromatic ring is 1. The van der Waals surface area contributed by atoms with Gasteiger partial charge in [-0.1, -0.05) is 12.1 Å².